The molecule has 0 saturated heterocycles. The highest BCUT2D eigenvalue weighted by molar-refractivity contribution is 7.89. The molecule has 0 saturated carbocycles. The van der Waals surface area contributed by atoms with Crippen LogP contribution in [0.3, 0.4) is 0 Å². The van der Waals surface area contributed by atoms with Crippen molar-refractivity contribution in [3.8, 4) is 0 Å². The molecule has 0 amide bonds. The lowest BCUT2D eigenvalue weighted by molar-refractivity contribution is 0.182. The first-order valence-electron chi connectivity index (χ1n) is 8.78. The third-order valence-corrected chi connectivity index (χ3v) is 6.68. The monoisotopic (exact) mass is 374 g/mol. The van der Waals surface area contributed by atoms with Crippen molar-refractivity contribution in [2.75, 3.05) is 25.0 Å². The highest BCUT2D eigenvalue weighted by atomic mass is 32.2. The molecular formula is C20H26N2O3S. The Labute approximate surface area is 155 Å². The lowest BCUT2D eigenvalue weighted by atomic mass is 10.0. The predicted octanol–water partition coefficient (Wildman–Crippen LogP) is 2.62. The fourth-order valence-electron chi connectivity index (χ4n) is 3.76. The summed E-state index contributed by atoms with van der Waals surface area (Å²) in [5, 5.41) is 10.5. The van der Waals surface area contributed by atoms with Crippen molar-refractivity contribution in [1.82, 2.24) is 4.72 Å². The smallest absolute Gasteiger partial charge is 0.241 e. The summed E-state index contributed by atoms with van der Waals surface area (Å²) < 4.78 is 28.0. The van der Waals surface area contributed by atoms with Gasteiger partial charge in [-0.25, -0.2) is 13.1 Å². The molecule has 6 heteroatoms. The summed E-state index contributed by atoms with van der Waals surface area (Å²) in [4.78, 5) is 2.47. The first kappa shape index (κ1) is 18.9. The molecule has 2 aromatic rings. The maximum absolute atomic E-state index is 12.7. The van der Waals surface area contributed by atoms with Gasteiger partial charge in [-0.05, 0) is 55.5 Å². The summed E-state index contributed by atoms with van der Waals surface area (Å²) in [6, 6.07) is 9.54. The number of sulfonamides is 1. The van der Waals surface area contributed by atoms with E-state index in [0.29, 0.717) is 16.0 Å². The van der Waals surface area contributed by atoms with E-state index in [4.69, 9.17) is 0 Å². The molecule has 5 nitrogen and oxygen atoms in total. The molecule has 0 fully saturated rings. The zero-order valence-electron chi connectivity index (χ0n) is 15.7. The number of benzene rings is 2. The molecule has 1 unspecified atom stereocenters. The van der Waals surface area contributed by atoms with Crippen LogP contribution < -0.4 is 9.62 Å². The zero-order valence-corrected chi connectivity index (χ0v) is 16.5. The van der Waals surface area contributed by atoms with Crippen LogP contribution in [0, 0.1) is 20.8 Å². The molecule has 1 aliphatic heterocycles. The van der Waals surface area contributed by atoms with E-state index in [2.05, 4.69) is 9.62 Å². The van der Waals surface area contributed by atoms with Crippen LogP contribution in [0.1, 0.15) is 33.9 Å². The molecule has 2 aromatic carbocycles. The number of nitrogens with one attached hydrogen (secondary N) is 1. The number of rotatable bonds is 5. The number of hydrogen-bond acceptors (Lipinski definition) is 4. The van der Waals surface area contributed by atoms with Crippen molar-refractivity contribution in [1.29, 1.82) is 0 Å². The van der Waals surface area contributed by atoms with Gasteiger partial charge in [0, 0.05) is 25.8 Å². The number of fused-ring (bicyclic) bond motifs is 1. The highest BCUT2D eigenvalue weighted by Crippen LogP contribution is 2.29. The fraction of sp³-hybridized carbons (Fsp3) is 0.400. The first-order chi connectivity index (χ1) is 12.2. The summed E-state index contributed by atoms with van der Waals surface area (Å²) in [7, 11) is -1.64. The van der Waals surface area contributed by atoms with Crippen molar-refractivity contribution < 1.29 is 13.5 Å². The van der Waals surface area contributed by atoms with Crippen LogP contribution >= 0.6 is 0 Å². The molecule has 0 aromatic heterocycles. The minimum Gasteiger partial charge on any atom is -0.387 e. The van der Waals surface area contributed by atoms with E-state index in [0.717, 1.165) is 24.1 Å². The highest BCUT2D eigenvalue weighted by Gasteiger charge is 2.22. The predicted molar refractivity (Wildman–Crippen MR) is 104 cm³/mol. The fourth-order valence-corrected chi connectivity index (χ4v) is 5.25. The Morgan fingerprint density at radius 1 is 1.15 bits per heavy atom. The lowest BCUT2D eigenvalue weighted by Gasteiger charge is -2.17. The van der Waals surface area contributed by atoms with E-state index in [9.17, 15) is 13.5 Å². The average Bonchev–Trinajstić information content (AvgIpc) is 2.92. The van der Waals surface area contributed by atoms with E-state index in [1.807, 2.05) is 44.3 Å². The Morgan fingerprint density at radius 2 is 1.81 bits per heavy atom. The van der Waals surface area contributed by atoms with Gasteiger partial charge in [0.2, 0.25) is 10.0 Å². The van der Waals surface area contributed by atoms with E-state index >= 15 is 0 Å². The average molecular weight is 375 g/mol. The second-order valence-electron chi connectivity index (χ2n) is 7.16. The number of anilines is 1. The maximum atomic E-state index is 12.7. The Hall–Kier alpha value is -1.89. The largest absolute Gasteiger partial charge is 0.387 e. The number of aliphatic hydroxyl groups is 1. The molecule has 0 bridgehead atoms. The van der Waals surface area contributed by atoms with Gasteiger partial charge in [0.25, 0.3) is 0 Å². The summed E-state index contributed by atoms with van der Waals surface area (Å²) >= 11 is 0. The van der Waals surface area contributed by atoms with Gasteiger partial charge in [0.15, 0.2) is 0 Å². The Balaban J connectivity index is 1.76. The van der Waals surface area contributed by atoms with Gasteiger partial charge in [-0.1, -0.05) is 29.8 Å². The minimum absolute atomic E-state index is 0.0519. The number of nitrogens with zero attached hydrogens (tertiary/aromatic N) is 1. The van der Waals surface area contributed by atoms with Crippen molar-refractivity contribution in [2.24, 2.45) is 0 Å². The minimum atomic E-state index is -3.68. The molecule has 1 atom stereocenters. The van der Waals surface area contributed by atoms with Crippen molar-refractivity contribution in [2.45, 2.75) is 38.2 Å². The van der Waals surface area contributed by atoms with Crippen LogP contribution in [-0.4, -0.2) is 33.7 Å². The lowest BCUT2D eigenvalue weighted by Crippen LogP contribution is -2.29. The van der Waals surface area contributed by atoms with Crippen molar-refractivity contribution in [3.05, 3.63) is 58.1 Å². The van der Waals surface area contributed by atoms with E-state index in [1.54, 1.807) is 13.8 Å². The van der Waals surface area contributed by atoms with Gasteiger partial charge in [0.05, 0.1) is 11.0 Å². The number of aryl methyl sites for hydroxylation is 3. The molecule has 1 heterocycles. The van der Waals surface area contributed by atoms with Crippen LogP contribution in [0.15, 0.2) is 35.2 Å². The number of likely N-dealkylation sites (N-methyl/N-ethyl adjacent to an activating group) is 1. The topological polar surface area (TPSA) is 69.6 Å². The molecule has 2 N–H and O–H groups in total. The number of hydrogen-bond donors (Lipinski definition) is 2. The van der Waals surface area contributed by atoms with Crippen LogP contribution in [0.25, 0.3) is 0 Å². The second kappa shape index (κ2) is 7.02. The quantitative estimate of drug-likeness (QED) is 0.844. The molecule has 3 rings (SSSR count). The normalized spacial score (nSPS) is 15.2. The third kappa shape index (κ3) is 3.63. The summed E-state index contributed by atoms with van der Waals surface area (Å²) in [5.41, 5.74) is 5.56. The van der Waals surface area contributed by atoms with E-state index in [1.165, 1.54) is 11.3 Å². The molecular weight excluding hydrogens is 348 g/mol. The van der Waals surface area contributed by atoms with Gasteiger partial charge < -0.3 is 10.0 Å². The van der Waals surface area contributed by atoms with Crippen LogP contribution in [0.5, 0.6) is 0 Å². The number of aliphatic hydroxyl groups excluding tert-OH is 1. The second-order valence-corrected chi connectivity index (χ2v) is 8.86. The van der Waals surface area contributed by atoms with E-state index < -0.39 is 16.1 Å². The Kier molecular flexibility index (Phi) is 5.10. The molecule has 0 spiro atoms. The third-order valence-electron chi connectivity index (χ3n) is 4.96. The van der Waals surface area contributed by atoms with Crippen LogP contribution in [-0.2, 0) is 16.4 Å². The Morgan fingerprint density at radius 3 is 2.46 bits per heavy atom. The summed E-state index contributed by atoms with van der Waals surface area (Å²) in [6.45, 7) is 6.44. The van der Waals surface area contributed by atoms with Gasteiger partial charge in [-0.2, -0.15) is 0 Å². The molecule has 1 aliphatic rings. The van der Waals surface area contributed by atoms with Crippen molar-refractivity contribution in [3.63, 3.8) is 0 Å². The molecule has 0 aliphatic carbocycles. The summed E-state index contributed by atoms with van der Waals surface area (Å²) in [6.07, 6.45) is 0.0620. The SMILES string of the molecule is Cc1cc(C)c(S(=O)(=O)NCC(O)c2ccc3c(c2)CCN3C)c(C)c1. The van der Waals surface area contributed by atoms with Gasteiger partial charge >= 0.3 is 0 Å². The van der Waals surface area contributed by atoms with E-state index in [-0.39, 0.29) is 6.54 Å². The maximum Gasteiger partial charge on any atom is 0.241 e. The van der Waals surface area contributed by atoms with Gasteiger partial charge in [-0.15, -0.1) is 0 Å². The molecule has 140 valence electrons. The van der Waals surface area contributed by atoms with Crippen LogP contribution in [0.4, 0.5) is 5.69 Å². The molecule has 26 heavy (non-hydrogen) atoms. The first-order valence-corrected chi connectivity index (χ1v) is 10.3. The molecule has 0 radical (unpaired) electrons. The van der Waals surface area contributed by atoms with Crippen molar-refractivity contribution >= 4 is 15.7 Å². The van der Waals surface area contributed by atoms with Gasteiger partial charge in [-0.3, -0.25) is 0 Å². The van der Waals surface area contributed by atoms with Crippen LogP contribution in [0.2, 0.25) is 0 Å². The Bertz CT molecular complexity index is 915. The zero-order chi connectivity index (χ0) is 19.1. The standard InChI is InChI=1S/C20H26N2O3S/c1-13-9-14(2)20(15(3)10-13)26(24,25)21-12-19(23)17-5-6-18-16(11-17)7-8-22(18)4/h5-6,9-11,19,21,23H,7-8,12H2,1-4H3. The van der Waals surface area contributed by atoms with Gasteiger partial charge in [0.1, 0.15) is 0 Å². The summed E-state index contributed by atoms with van der Waals surface area (Å²) in [5.74, 6) is 0.